The maximum Gasteiger partial charge on any atom is 0.275 e. The second-order valence-corrected chi connectivity index (χ2v) is 10.1. The van der Waals surface area contributed by atoms with Crippen LogP contribution in [0.2, 0.25) is 0 Å². The lowest BCUT2D eigenvalue weighted by Crippen LogP contribution is -2.27. The molecule has 1 atom stereocenters. The molecule has 1 unspecified atom stereocenters. The Morgan fingerprint density at radius 1 is 1.33 bits per heavy atom. The predicted octanol–water partition coefficient (Wildman–Crippen LogP) is 4.35. The summed E-state index contributed by atoms with van der Waals surface area (Å²) in [4.78, 5) is 30.8. The van der Waals surface area contributed by atoms with Gasteiger partial charge in [-0.15, -0.1) is 11.3 Å². The molecule has 2 amide bonds. The van der Waals surface area contributed by atoms with Crippen LogP contribution in [0.5, 0.6) is 0 Å². The van der Waals surface area contributed by atoms with E-state index in [1.807, 2.05) is 0 Å². The molecule has 0 aliphatic heterocycles. The molecule has 6 nitrogen and oxygen atoms in total. The lowest BCUT2D eigenvalue weighted by atomic mass is 9.72. The molecule has 0 radical (unpaired) electrons. The molecule has 0 fully saturated rings. The molecule has 0 bridgehead atoms. The van der Waals surface area contributed by atoms with E-state index in [2.05, 4.69) is 31.1 Å². The SMILES string of the molecule is Cc1nc2ccc(F)cn2c1C(=O)Nc1sc2c(c1C(N)=O)CCC(C(C)(C)C)C2. The van der Waals surface area contributed by atoms with Gasteiger partial charge in [-0.2, -0.15) is 0 Å². The molecular weight excluding hydrogens is 403 g/mol. The lowest BCUT2D eigenvalue weighted by Gasteiger charge is -2.33. The highest BCUT2D eigenvalue weighted by Crippen LogP contribution is 2.44. The summed E-state index contributed by atoms with van der Waals surface area (Å²) in [5, 5.41) is 3.31. The summed E-state index contributed by atoms with van der Waals surface area (Å²) in [6.45, 7) is 8.37. The van der Waals surface area contributed by atoms with Gasteiger partial charge < -0.3 is 11.1 Å². The highest BCUT2D eigenvalue weighted by Gasteiger charge is 2.34. The summed E-state index contributed by atoms with van der Waals surface area (Å²) in [7, 11) is 0. The van der Waals surface area contributed by atoms with Crippen LogP contribution in [0.4, 0.5) is 9.39 Å². The van der Waals surface area contributed by atoms with Crippen LogP contribution >= 0.6 is 11.3 Å². The molecule has 30 heavy (non-hydrogen) atoms. The highest BCUT2D eigenvalue weighted by atomic mass is 32.1. The number of nitrogens with one attached hydrogen (secondary N) is 1. The van der Waals surface area contributed by atoms with E-state index in [1.54, 1.807) is 6.92 Å². The average molecular weight is 429 g/mol. The third kappa shape index (κ3) is 3.49. The summed E-state index contributed by atoms with van der Waals surface area (Å²) >= 11 is 1.41. The zero-order valence-electron chi connectivity index (χ0n) is 17.5. The second kappa shape index (κ2) is 7.19. The fourth-order valence-corrected chi connectivity index (χ4v) is 5.57. The third-order valence-corrected chi connectivity index (χ3v) is 7.11. The number of aryl methyl sites for hydroxylation is 1. The van der Waals surface area contributed by atoms with E-state index < -0.39 is 17.6 Å². The number of nitrogens with two attached hydrogens (primary N) is 1. The van der Waals surface area contributed by atoms with Crippen LogP contribution in [0.15, 0.2) is 18.3 Å². The number of fused-ring (bicyclic) bond motifs is 2. The van der Waals surface area contributed by atoms with E-state index in [0.29, 0.717) is 27.8 Å². The van der Waals surface area contributed by atoms with Gasteiger partial charge in [0.15, 0.2) is 0 Å². The maximum absolute atomic E-state index is 13.7. The van der Waals surface area contributed by atoms with Crippen molar-refractivity contribution in [3.63, 3.8) is 0 Å². The van der Waals surface area contributed by atoms with E-state index in [1.165, 1.54) is 34.1 Å². The maximum atomic E-state index is 13.7. The number of rotatable bonds is 3. The molecule has 4 rings (SSSR count). The molecule has 8 heteroatoms. The summed E-state index contributed by atoms with van der Waals surface area (Å²) in [5.74, 6) is -0.958. The van der Waals surface area contributed by atoms with E-state index in [-0.39, 0.29) is 11.1 Å². The molecule has 0 saturated carbocycles. The molecule has 1 aliphatic carbocycles. The summed E-state index contributed by atoms with van der Waals surface area (Å²) in [5.41, 5.74) is 8.39. The lowest BCUT2D eigenvalue weighted by molar-refractivity contribution is 0.1000. The fourth-order valence-electron chi connectivity index (χ4n) is 4.25. The van der Waals surface area contributed by atoms with Gasteiger partial charge >= 0.3 is 0 Å². The van der Waals surface area contributed by atoms with Crippen molar-refractivity contribution in [3.8, 4) is 0 Å². The van der Waals surface area contributed by atoms with Gasteiger partial charge in [0.25, 0.3) is 11.8 Å². The van der Waals surface area contributed by atoms with Crippen molar-refractivity contribution in [1.29, 1.82) is 0 Å². The van der Waals surface area contributed by atoms with Crippen molar-refractivity contribution in [3.05, 3.63) is 51.5 Å². The molecule has 3 aromatic heterocycles. The molecule has 0 saturated heterocycles. The standard InChI is InChI=1S/C22H25FN4O2S/c1-11-18(27-10-13(23)6-8-16(27)25-11)20(29)26-21-17(19(24)28)14-7-5-12(22(2,3)4)9-15(14)30-21/h6,8,10,12H,5,7,9H2,1-4H3,(H2,24,28)(H,26,29). The Bertz CT molecular complexity index is 1170. The Kier molecular flexibility index (Phi) is 4.92. The van der Waals surface area contributed by atoms with Crippen molar-refractivity contribution in [2.75, 3.05) is 5.32 Å². The molecule has 0 aromatic carbocycles. The molecule has 158 valence electrons. The zero-order valence-corrected chi connectivity index (χ0v) is 18.3. The van der Waals surface area contributed by atoms with Gasteiger partial charge in [0.2, 0.25) is 0 Å². The van der Waals surface area contributed by atoms with Crippen molar-refractivity contribution in [2.45, 2.75) is 47.0 Å². The smallest absolute Gasteiger partial charge is 0.275 e. The first-order valence-electron chi connectivity index (χ1n) is 9.96. The minimum absolute atomic E-state index is 0.162. The number of imidazole rings is 1. The van der Waals surface area contributed by atoms with E-state index >= 15 is 0 Å². The van der Waals surface area contributed by atoms with Gasteiger partial charge in [0.05, 0.1) is 11.3 Å². The van der Waals surface area contributed by atoms with Crippen LogP contribution in [0.3, 0.4) is 0 Å². The van der Waals surface area contributed by atoms with Crippen LogP contribution in [0.25, 0.3) is 5.65 Å². The Morgan fingerprint density at radius 2 is 2.07 bits per heavy atom. The van der Waals surface area contributed by atoms with Crippen molar-refractivity contribution < 1.29 is 14.0 Å². The number of amides is 2. The minimum Gasteiger partial charge on any atom is -0.365 e. The van der Waals surface area contributed by atoms with Crippen LogP contribution in [0.1, 0.15) is 64.2 Å². The topological polar surface area (TPSA) is 89.5 Å². The Hall–Kier alpha value is -2.74. The number of primary amides is 1. The number of hydrogen-bond acceptors (Lipinski definition) is 4. The van der Waals surface area contributed by atoms with Crippen molar-refractivity contribution in [2.24, 2.45) is 17.1 Å². The molecule has 3 aromatic rings. The number of carbonyl (C=O) groups excluding carboxylic acids is 2. The van der Waals surface area contributed by atoms with Crippen LogP contribution in [-0.4, -0.2) is 21.2 Å². The quantitative estimate of drug-likeness (QED) is 0.650. The Balaban J connectivity index is 1.72. The summed E-state index contributed by atoms with van der Waals surface area (Å²) in [6, 6.07) is 2.82. The van der Waals surface area contributed by atoms with Crippen LogP contribution in [0, 0.1) is 24.1 Å². The molecule has 3 N–H and O–H groups in total. The van der Waals surface area contributed by atoms with Crippen LogP contribution in [-0.2, 0) is 12.8 Å². The average Bonchev–Trinajstić information content (AvgIpc) is 3.16. The number of thiophene rings is 1. The van der Waals surface area contributed by atoms with E-state index in [0.717, 1.165) is 29.7 Å². The first-order valence-corrected chi connectivity index (χ1v) is 10.8. The van der Waals surface area contributed by atoms with Crippen molar-refractivity contribution >= 4 is 33.8 Å². The monoisotopic (exact) mass is 428 g/mol. The normalized spacial score (nSPS) is 16.5. The number of hydrogen-bond donors (Lipinski definition) is 2. The van der Waals surface area contributed by atoms with Gasteiger partial charge in [-0.25, -0.2) is 9.37 Å². The van der Waals surface area contributed by atoms with Gasteiger partial charge in [0.1, 0.15) is 22.2 Å². The molecular formula is C22H25FN4O2S. The number of nitrogens with zero attached hydrogens (tertiary/aromatic N) is 2. The van der Waals surface area contributed by atoms with E-state index in [9.17, 15) is 14.0 Å². The fraction of sp³-hybridized carbons (Fsp3) is 0.409. The summed E-state index contributed by atoms with van der Waals surface area (Å²) < 4.78 is 15.2. The summed E-state index contributed by atoms with van der Waals surface area (Å²) in [6.07, 6.45) is 3.83. The van der Waals surface area contributed by atoms with Gasteiger partial charge in [-0.05, 0) is 55.2 Å². The van der Waals surface area contributed by atoms with Crippen LogP contribution < -0.4 is 11.1 Å². The number of carbonyl (C=O) groups is 2. The number of halogens is 1. The third-order valence-electron chi connectivity index (χ3n) is 5.94. The van der Waals surface area contributed by atoms with Gasteiger partial charge in [-0.1, -0.05) is 20.8 Å². The number of aromatic nitrogens is 2. The van der Waals surface area contributed by atoms with E-state index in [4.69, 9.17) is 5.73 Å². The largest absolute Gasteiger partial charge is 0.365 e. The highest BCUT2D eigenvalue weighted by molar-refractivity contribution is 7.17. The minimum atomic E-state index is -0.544. The second-order valence-electron chi connectivity index (χ2n) is 8.95. The molecule has 1 aliphatic rings. The first-order chi connectivity index (χ1) is 14.1. The zero-order chi connectivity index (χ0) is 21.8. The molecule has 3 heterocycles. The molecule has 0 spiro atoms. The van der Waals surface area contributed by atoms with Gasteiger partial charge in [0, 0.05) is 11.1 Å². The van der Waals surface area contributed by atoms with Crippen molar-refractivity contribution in [1.82, 2.24) is 9.38 Å². The predicted molar refractivity (Wildman–Crippen MR) is 116 cm³/mol. The first kappa shape index (κ1) is 20.5. The van der Waals surface area contributed by atoms with Gasteiger partial charge in [-0.3, -0.25) is 14.0 Å². The number of pyridine rings is 1. The Morgan fingerprint density at radius 3 is 2.73 bits per heavy atom. The Labute approximate surface area is 178 Å². The number of anilines is 1.